The zero-order valence-corrected chi connectivity index (χ0v) is 9.58. The van der Waals surface area contributed by atoms with Gasteiger partial charge in [-0.2, -0.15) is 0 Å². The molecule has 0 fully saturated rings. The molecule has 3 heteroatoms. The Kier molecular flexibility index (Phi) is 10.6. The van der Waals surface area contributed by atoms with Gasteiger partial charge in [0.25, 0.3) is 0 Å². The first kappa shape index (κ1) is 14.2. The van der Waals surface area contributed by atoms with Crippen molar-refractivity contribution in [2.45, 2.75) is 45.4 Å². The average molecular weight is 214 g/mol. The number of aliphatic hydroxyl groups is 1. The summed E-state index contributed by atoms with van der Waals surface area (Å²) in [6, 6.07) is 0. The number of esters is 1. The van der Waals surface area contributed by atoms with Crippen LogP contribution in [0.1, 0.15) is 45.4 Å². The third kappa shape index (κ3) is 13.2. The minimum absolute atomic E-state index is 0.199. The molecule has 0 bridgehead atoms. The Morgan fingerprint density at radius 3 is 2.27 bits per heavy atom. The Labute approximate surface area is 92.1 Å². The molecule has 0 spiro atoms. The van der Waals surface area contributed by atoms with Crippen LogP contribution in [0.3, 0.4) is 0 Å². The van der Waals surface area contributed by atoms with Crippen LogP contribution in [0, 0.1) is 0 Å². The predicted octanol–water partition coefficient (Wildman–Crippen LogP) is 2.44. The van der Waals surface area contributed by atoms with Crippen LogP contribution >= 0.6 is 0 Å². The van der Waals surface area contributed by atoms with Gasteiger partial charge < -0.3 is 9.84 Å². The van der Waals surface area contributed by atoms with Crippen molar-refractivity contribution in [1.82, 2.24) is 0 Å². The van der Waals surface area contributed by atoms with Crippen molar-refractivity contribution < 1.29 is 14.6 Å². The molecule has 88 valence electrons. The molecular weight excluding hydrogens is 192 g/mol. The number of allylic oxidation sites excluding steroid dienone is 2. The first-order valence-corrected chi connectivity index (χ1v) is 5.66. The quantitative estimate of drug-likeness (QED) is 0.364. The van der Waals surface area contributed by atoms with Gasteiger partial charge in [-0.05, 0) is 38.5 Å². The molecule has 0 aliphatic carbocycles. The van der Waals surface area contributed by atoms with E-state index >= 15 is 0 Å². The van der Waals surface area contributed by atoms with Gasteiger partial charge >= 0.3 is 5.97 Å². The fourth-order valence-electron chi connectivity index (χ4n) is 1.19. The molecule has 0 radical (unpaired) electrons. The largest absolute Gasteiger partial charge is 0.466 e. The first-order chi connectivity index (χ1) is 7.27. The number of carbonyl (C=O) groups is 1. The summed E-state index contributed by atoms with van der Waals surface area (Å²) in [6.45, 7) is 2.25. The average Bonchev–Trinajstić information content (AvgIpc) is 2.20. The smallest absolute Gasteiger partial charge is 0.302 e. The lowest BCUT2D eigenvalue weighted by Crippen LogP contribution is -1.99. The molecule has 15 heavy (non-hydrogen) atoms. The van der Waals surface area contributed by atoms with Crippen molar-refractivity contribution in [1.29, 1.82) is 0 Å². The summed E-state index contributed by atoms with van der Waals surface area (Å²) in [7, 11) is 0. The van der Waals surface area contributed by atoms with E-state index < -0.39 is 0 Å². The first-order valence-electron chi connectivity index (χ1n) is 5.66. The van der Waals surface area contributed by atoms with Crippen molar-refractivity contribution >= 4 is 5.97 Å². The molecular formula is C12H22O3. The summed E-state index contributed by atoms with van der Waals surface area (Å²) in [4.78, 5) is 10.4. The second kappa shape index (κ2) is 11.2. The number of hydrogen-bond donors (Lipinski definition) is 1. The van der Waals surface area contributed by atoms with E-state index in [1.54, 1.807) is 0 Å². The highest BCUT2D eigenvalue weighted by Crippen LogP contribution is 2.00. The molecule has 3 nitrogen and oxygen atoms in total. The molecule has 0 aliphatic rings. The Morgan fingerprint density at radius 1 is 1.13 bits per heavy atom. The lowest BCUT2D eigenvalue weighted by molar-refractivity contribution is -0.141. The monoisotopic (exact) mass is 214 g/mol. The highest BCUT2D eigenvalue weighted by Gasteiger charge is 1.91. The van der Waals surface area contributed by atoms with E-state index in [0.29, 0.717) is 6.61 Å². The molecule has 0 aromatic carbocycles. The van der Waals surface area contributed by atoms with Gasteiger partial charge in [-0.25, -0.2) is 0 Å². The van der Waals surface area contributed by atoms with E-state index in [1.165, 1.54) is 6.92 Å². The van der Waals surface area contributed by atoms with Crippen LogP contribution < -0.4 is 0 Å². The van der Waals surface area contributed by atoms with Crippen molar-refractivity contribution in [3.63, 3.8) is 0 Å². The standard InChI is InChI=1S/C12H22O3/c1-12(14)15-11-9-7-5-3-2-4-6-8-10-13/h2-3,13H,4-11H2,1H3. The summed E-state index contributed by atoms with van der Waals surface area (Å²) >= 11 is 0. The number of ether oxygens (including phenoxy) is 1. The van der Waals surface area contributed by atoms with Crippen LogP contribution in [-0.2, 0) is 9.53 Å². The number of aliphatic hydroxyl groups excluding tert-OH is 1. The van der Waals surface area contributed by atoms with Crippen LogP contribution in [0.4, 0.5) is 0 Å². The summed E-state index contributed by atoms with van der Waals surface area (Å²) in [5.41, 5.74) is 0. The number of rotatable bonds is 9. The summed E-state index contributed by atoms with van der Waals surface area (Å²) < 4.78 is 4.81. The SMILES string of the molecule is CC(=O)OCCCCC=CCCCCO. The van der Waals surface area contributed by atoms with Crippen LogP contribution in [0.25, 0.3) is 0 Å². The molecule has 0 atom stereocenters. The van der Waals surface area contributed by atoms with Gasteiger partial charge in [0, 0.05) is 13.5 Å². The highest BCUT2D eigenvalue weighted by atomic mass is 16.5. The van der Waals surface area contributed by atoms with Crippen molar-refractivity contribution in [3.8, 4) is 0 Å². The lowest BCUT2D eigenvalue weighted by Gasteiger charge is -1.99. The Hall–Kier alpha value is -0.830. The molecule has 0 aromatic rings. The second-order valence-corrected chi connectivity index (χ2v) is 3.53. The molecule has 0 heterocycles. The highest BCUT2D eigenvalue weighted by molar-refractivity contribution is 5.65. The van der Waals surface area contributed by atoms with Crippen LogP contribution in [0.15, 0.2) is 12.2 Å². The molecule has 0 unspecified atom stereocenters. The molecule has 0 aliphatic heterocycles. The molecule has 0 aromatic heterocycles. The van der Waals surface area contributed by atoms with E-state index in [4.69, 9.17) is 9.84 Å². The zero-order valence-electron chi connectivity index (χ0n) is 9.58. The maximum atomic E-state index is 10.4. The summed E-state index contributed by atoms with van der Waals surface area (Å²) in [6.07, 6.45) is 10.3. The van der Waals surface area contributed by atoms with Gasteiger partial charge in [0.05, 0.1) is 6.61 Å². The topological polar surface area (TPSA) is 46.5 Å². The normalized spacial score (nSPS) is 10.8. The molecule has 0 saturated carbocycles. The predicted molar refractivity (Wildman–Crippen MR) is 60.6 cm³/mol. The van der Waals surface area contributed by atoms with E-state index in [-0.39, 0.29) is 12.6 Å². The maximum Gasteiger partial charge on any atom is 0.302 e. The lowest BCUT2D eigenvalue weighted by atomic mass is 10.2. The zero-order chi connectivity index (χ0) is 11.4. The van der Waals surface area contributed by atoms with Crippen LogP contribution in [0.2, 0.25) is 0 Å². The van der Waals surface area contributed by atoms with E-state index in [1.807, 2.05) is 0 Å². The Bertz CT molecular complexity index is 176. The van der Waals surface area contributed by atoms with Gasteiger partial charge in [0.15, 0.2) is 0 Å². The summed E-state index contributed by atoms with van der Waals surface area (Å²) in [5.74, 6) is -0.199. The number of hydrogen-bond acceptors (Lipinski definition) is 3. The second-order valence-electron chi connectivity index (χ2n) is 3.53. The van der Waals surface area contributed by atoms with Crippen LogP contribution in [0.5, 0.6) is 0 Å². The van der Waals surface area contributed by atoms with Gasteiger partial charge in [-0.15, -0.1) is 0 Å². The fraction of sp³-hybridized carbons (Fsp3) is 0.750. The number of unbranched alkanes of at least 4 members (excludes halogenated alkanes) is 4. The molecule has 0 rings (SSSR count). The molecule has 1 N–H and O–H groups in total. The summed E-state index contributed by atoms with van der Waals surface area (Å²) in [5, 5.41) is 8.55. The van der Waals surface area contributed by atoms with Gasteiger partial charge in [-0.1, -0.05) is 12.2 Å². The molecule has 0 saturated heterocycles. The van der Waals surface area contributed by atoms with E-state index in [2.05, 4.69) is 12.2 Å². The fourth-order valence-corrected chi connectivity index (χ4v) is 1.19. The van der Waals surface area contributed by atoms with Crippen molar-refractivity contribution in [2.75, 3.05) is 13.2 Å². The minimum Gasteiger partial charge on any atom is -0.466 e. The maximum absolute atomic E-state index is 10.4. The Morgan fingerprint density at radius 2 is 1.73 bits per heavy atom. The van der Waals surface area contributed by atoms with Gasteiger partial charge in [-0.3, -0.25) is 4.79 Å². The third-order valence-electron chi connectivity index (χ3n) is 2.02. The van der Waals surface area contributed by atoms with Crippen molar-refractivity contribution in [3.05, 3.63) is 12.2 Å². The van der Waals surface area contributed by atoms with Gasteiger partial charge in [0.1, 0.15) is 0 Å². The minimum atomic E-state index is -0.199. The van der Waals surface area contributed by atoms with Crippen molar-refractivity contribution in [2.24, 2.45) is 0 Å². The van der Waals surface area contributed by atoms with E-state index in [0.717, 1.165) is 38.5 Å². The number of carbonyl (C=O) groups excluding carboxylic acids is 1. The van der Waals surface area contributed by atoms with E-state index in [9.17, 15) is 4.79 Å². The third-order valence-corrected chi connectivity index (χ3v) is 2.02. The molecule has 0 amide bonds. The Balaban J connectivity index is 3.06. The van der Waals surface area contributed by atoms with Gasteiger partial charge in [0.2, 0.25) is 0 Å². The van der Waals surface area contributed by atoms with Crippen LogP contribution in [-0.4, -0.2) is 24.3 Å².